The van der Waals surface area contributed by atoms with Crippen LogP contribution in [0.15, 0.2) is 77.6 Å². The minimum atomic E-state index is -4.63. The second kappa shape index (κ2) is 13.6. The molecule has 0 saturated heterocycles. The SMILES string of the molecule is C[Si](C)(C)CCOC(=O)[C@H]1[C@H](Cn2nnc3ccc(C(F)(F)F)cc3c2=O)CC[C@@H]1C(=O)c1ccc(OCc2ccccc2)cc1. The number of ketones is 1. The summed E-state index contributed by atoms with van der Waals surface area (Å²) >= 11 is 0. The van der Waals surface area contributed by atoms with Gasteiger partial charge in [0, 0.05) is 19.6 Å². The van der Waals surface area contributed by atoms with Crippen LogP contribution in [0.2, 0.25) is 25.7 Å². The number of benzene rings is 3. The highest BCUT2D eigenvalue weighted by atomic mass is 28.3. The number of hydrogen-bond donors (Lipinski definition) is 0. The Kier molecular flexibility index (Phi) is 9.76. The van der Waals surface area contributed by atoms with Crippen molar-refractivity contribution >= 4 is 30.7 Å². The first-order chi connectivity index (χ1) is 21.8. The van der Waals surface area contributed by atoms with Gasteiger partial charge >= 0.3 is 12.1 Å². The summed E-state index contributed by atoms with van der Waals surface area (Å²) in [6.07, 6.45) is -3.85. The quantitative estimate of drug-likeness (QED) is 0.1000. The lowest BCUT2D eigenvalue weighted by Gasteiger charge is -2.24. The summed E-state index contributed by atoms with van der Waals surface area (Å²) in [6, 6.07) is 19.9. The van der Waals surface area contributed by atoms with Gasteiger partial charge in [0.15, 0.2) is 5.78 Å². The average Bonchev–Trinajstić information content (AvgIpc) is 3.44. The smallest absolute Gasteiger partial charge is 0.416 e. The Morgan fingerprint density at radius 3 is 2.37 bits per heavy atom. The van der Waals surface area contributed by atoms with Gasteiger partial charge in [0.1, 0.15) is 17.9 Å². The molecule has 3 aromatic carbocycles. The van der Waals surface area contributed by atoms with Crippen molar-refractivity contribution in [2.45, 2.75) is 57.9 Å². The van der Waals surface area contributed by atoms with E-state index in [4.69, 9.17) is 9.47 Å². The molecule has 1 saturated carbocycles. The zero-order chi connectivity index (χ0) is 33.1. The van der Waals surface area contributed by atoms with E-state index < -0.39 is 49.1 Å². The maximum Gasteiger partial charge on any atom is 0.416 e. The van der Waals surface area contributed by atoms with Crippen molar-refractivity contribution in [2.24, 2.45) is 17.8 Å². The zero-order valence-corrected chi connectivity index (χ0v) is 26.9. The summed E-state index contributed by atoms with van der Waals surface area (Å²) < 4.78 is 52.6. The number of esters is 1. The Balaban J connectivity index is 1.37. The van der Waals surface area contributed by atoms with Crippen molar-refractivity contribution < 1.29 is 32.2 Å². The zero-order valence-electron chi connectivity index (χ0n) is 25.9. The fraction of sp³-hybridized carbons (Fsp3) is 0.382. The molecule has 0 spiro atoms. The molecule has 0 unspecified atom stereocenters. The molecule has 1 aliphatic carbocycles. The van der Waals surface area contributed by atoms with Gasteiger partial charge in [0.2, 0.25) is 0 Å². The molecule has 0 N–H and O–H groups in total. The number of aromatic nitrogens is 3. The van der Waals surface area contributed by atoms with E-state index in [0.717, 1.165) is 34.5 Å². The number of halogens is 3. The number of alkyl halides is 3. The van der Waals surface area contributed by atoms with E-state index in [9.17, 15) is 27.6 Å². The van der Waals surface area contributed by atoms with Crippen molar-refractivity contribution in [3.63, 3.8) is 0 Å². The topological polar surface area (TPSA) is 100 Å². The van der Waals surface area contributed by atoms with Gasteiger partial charge in [0.25, 0.3) is 5.56 Å². The van der Waals surface area contributed by atoms with Crippen LogP contribution >= 0.6 is 0 Å². The number of nitrogens with zero attached hydrogens (tertiary/aromatic N) is 3. The molecule has 0 bridgehead atoms. The van der Waals surface area contributed by atoms with Crippen LogP contribution in [0.4, 0.5) is 13.2 Å². The summed E-state index contributed by atoms with van der Waals surface area (Å²) in [5.41, 5.74) is -0.260. The van der Waals surface area contributed by atoms with Crippen LogP contribution in [0.3, 0.4) is 0 Å². The molecule has 242 valence electrons. The van der Waals surface area contributed by atoms with Crippen LogP contribution in [0.5, 0.6) is 5.75 Å². The van der Waals surface area contributed by atoms with Crippen molar-refractivity contribution in [3.8, 4) is 5.75 Å². The average molecular weight is 652 g/mol. The maximum absolute atomic E-state index is 13.8. The molecule has 3 atom stereocenters. The first-order valence-corrected chi connectivity index (χ1v) is 18.9. The third kappa shape index (κ3) is 7.90. The molecule has 0 amide bonds. The predicted molar refractivity (Wildman–Crippen MR) is 169 cm³/mol. The molecule has 0 radical (unpaired) electrons. The molecular formula is C34H36F3N3O5Si. The lowest BCUT2D eigenvalue weighted by atomic mass is 9.84. The minimum Gasteiger partial charge on any atom is -0.489 e. The molecule has 5 rings (SSSR count). The number of hydrogen-bond acceptors (Lipinski definition) is 7. The largest absolute Gasteiger partial charge is 0.489 e. The van der Waals surface area contributed by atoms with E-state index in [2.05, 4.69) is 30.0 Å². The normalized spacial score (nSPS) is 18.4. The van der Waals surface area contributed by atoms with Crippen molar-refractivity contribution in [1.29, 1.82) is 0 Å². The molecule has 1 heterocycles. The van der Waals surface area contributed by atoms with Gasteiger partial charge in [-0.15, -0.1) is 5.10 Å². The van der Waals surface area contributed by atoms with E-state index in [1.807, 2.05) is 30.3 Å². The van der Waals surface area contributed by atoms with Gasteiger partial charge in [0.05, 0.1) is 30.0 Å². The molecule has 0 aliphatic heterocycles. The molecule has 1 aliphatic rings. The number of carbonyl (C=O) groups excluding carboxylic acids is 2. The third-order valence-electron chi connectivity index (χ3n) is 8.34. The highest BCUT2D eigenvalue weighted by molar-refractivity contribution is 6.76. The Labute approximate surface area is 265 Å². The molecule has 12 heteroatoms. The summed E-state index contributed by atoms with van der Waals surface area (Å²) in [5.74, 6) is -2.25. The third-order valence-corrected chi connectivity index (χ3v) is 10.0. The Morgan fingerprint density at radius 2 is 1.70 bits per heavy atom. The van der Waals surface area contributed by atoms with E-state index >= 15 is 0 Å². The van der Waals surface area contributed by atoms with Crippen LogP contribution < -0.4 is 10.3 Å². The van der Waals surface area contributed by atoms with E-state index in [1.54, 1.807) is 24.3 Å². The lowest BCUT2D eigenvalue weighted by molar-refractivity contribution is -0.150. The van der Waals surface area contributed by atoms with Crippen molar-refractivity contribution in [2.75, 3.05) is 6.61 Å². The fourth-order valence-electron chi connectivity index (χ4n) is 5.76. The standard InChI is InChI=1S/C34H36F3N3O5Si/c1-46(2,3)18-17-44-33(43)30-24(20-40-32(42)28-19-25(34(35,36)37)12-16-29(28)38-39-40)11-15-27(30)31(41)23-9-13-26(14-10-23)45-21-22-7-5-4-6-8-22/h4-10,12-14,16,19,24,27,30H,11,15,17-18,20-21H2,1-3H3/t24-,27-,30-/m0/s1. The molecule has 8 nitrogen and oxygen atoms in total. The number of rotatable bonds is 11. The van der Waals surface area contributed by atoms with Gasteiger partial charge in [-0.05, 0) is 72.8 Å². The van der Waals surface area contributed by atoms with Crippen LogP contribution in [0, 0.1) is 17.8 Å². The van der Waals surface area contributed by atoms with E-state index in [-0.39, 0.29) is 29.8 Å². The Hall–Kier alpha value is -4.32. The van der Waals surface area contributed by atoms with Gasteiger partial charge in [-0.1, -0.05) is 55.2 Å². The van der Waals surface area contributed by atoms with Crippen molar-refractivity contribution in [1.82, 2.24) is 15.0 Å². The van der Waals surface area contributed by atoms with Gasteiger partial charge in [-0.3, -0.25) is 14.4 Å². The van der Waals surface area contributed by atoms with Crippen LogP contribution in [0.1, 0.15) is 34.3 Å². The molecule has 46 heavy (non-hydrogen) atoms. The van der Waals surface area contributed by atoms with Gasteiger partial charge in [-0.2, -0.15) is 13.2 Å². The minimum absolute atomic E-state index is 0.0345. The van der Waals surface area contributed by atoms with Crippen LogP contribution in [0.25, 0.3) is 10.9 Å². The molecular weight excluding hydrogens is 615 g/mol. The van der Waals surface area contributed by atoms with E-state index in [0.29, 0.717) is 30.8 Å². The number of fused-ring (bicyclic) bond motifs is 1. The summed E-state index contributed by atoms with van der Waals surface area (Å²) in [5, 5.41) is 7.69. The molecule has 1 fully saturated rings. The monoisotopic (exact) mass is 651 g/mol. The maximum atomic E-state index is 13.8. The second-order valence-corrected chi connectivity index (χ2v) is 18.5. The highest BCUT2D eigenvalue weighted by Gasteiger charge is 2.46. The second-order valence-electron chi connectivity index (χ2n) is 12.9. The van der Waals surface area contributed by atoms with Crippen LogP contribution in [-0.4, -0.2) is 41.4 Å². The first kappa shape index (κ1) is 33.1. The number of ether oxygens (including phenoxy) is 2. The molecule has 4 aromatic rings. The summed E-state index contributed by atoms with van der Waals surface area (Å²) in [6.45, 7) is 6.98. The number of carbonyl (C=O) groups is 2. The highest BCUT2D eigenvalue weighted by Crippen LogP contribution is 2.41. The summed E-state index contributed by atoms with van der Waals surface area (Å²) in [4.78, 5) is 40.7. The van der Waals surface area contributed by atoms with Gasteiger partial charge in [-0.25, -0.2) is 4.68 Å². The first-order valence-electron chi connectivity index (χ1n) is 15.2. The van der Waals surface area contributed by atoms with E-state index in [1.165, 1.54) is 0 Å². The Bertz CT molecular complexity index is 1750. The number of Topliss-reactive ketones (excluding diaryl/α,β-unsaturated/α-hetero) is 1. The Morgan fingerprint density at radius 1 is 0.978 bits per heavy atom. The predicted octanol–water partition coefficient (Wildman–Crippen LogP) is 6.80. The fourth-order valence-corrected chi connectivity index (χ4v) is 6.47. The molecule has 1 aromatic heterocycles. The van der Waals surface area contributed by atoms with Crippen LogP contribution in [-0.2, 0) is 28.9 Å². The van der Waals surface area contributed by atoms with Crippen molar-refractivity contribution in [3.05, 3.63) is 99.8 Å². The van der Waals surface area contributed by atoms with Gasteiger partial charge < -0.3 is 9.47 Å². The summed E-state index contributed by atoms with van der Waals surface area (Å²) in [7, 11) is -1.52. The lowest BCUT2D eigenvalue weighted by Crippen LogP contribution is -2.36.